The first-order chi connectivity index (χ1) is 8.70. The highest BCUT2D eigenvalue weighted by molar-refractivity contribution is 7.74. The van der Waals surface area contributed by atoms with Crippen LogP contribution < -0.4 is 4.18 Å². The minimum absolute atomic E-state index is 0.0900. The molecule has 1 N–H and O–H groups in total. The first-order valence-electron chi connectivity index (χ1n) is 5.14. The average Bonchev–Trinajstić information content (AvgIpc) is 2.39. The predicted molar refractivity (Wildman–Crippen MR) is 68.7 cm³/mol. The number of carbonyl (C=O) groups is 1. The van der Waals surface area contributed by atoms with Crippen LogP contribution in [0.3, 0.4) is 0 Å². The maximum absolute atomic E-state index is 10.8. The molecule has 0 saturated heterocycles. The van der Waals surface area contributed by atoms with Gasteiger partial charge < -0.3 is 4.18 Å². The van der Waals surface area contributed by atoms with Crippen molar-refractivity contribution in [2.45, 2.75) is 0 Å². The Hall–Kier alpha value is -1.98. The van der Waals surface area contributed by atoms with Crippen molar-refractivity contribution in [1.29, 1.82) is 0 Å². The van der Waals surface area contributed by atoms with Gasteiger partial charge in [0.2, 0.25) is 0 Å². The lowest BCUT2D eigenvalue weighted by molar-refractivity contribution is 0.112. The van der Waals surface area contributed by atoms with Crippen LogP contribution in [0.15, 0.2) is 48.5 Å². The van der Waals surface area contributed by atoms with E-state index >= 15 is 0 Å². The van der Waals surface area contributed by atoms with Crippen LogP contribution in [0.2, 0.25) is 0 Å². The van der Waals surface area contributed by atoms with Crippen molar-refractivity contribution in [3.05, 3.63) is 54.1 Å². The SMILES string of the molecule is O=Cc1ccc(-c2ccccc2)cc1OS(=O)O. The molecule has 0 bridgehead atoms. The Labute approximate surface area is 107 Å². The zero-order chi connectivity index (χ0) is 13.0. The largest absolute Gasteiger partial charge is 0.379 e. The fourth-order valence-electron chi connectivity index (χ4n) is 1.59. The van der Waals surface area contributed by atoms with Gasteiger partial charge in [0.15, 0.2) is 12.0 Å². The van der Waals surface area contributed by atoms with E-state index in [1.165, 1.54) is 0 Å². The van der Waals surface area contributed by atoms with Gasteiger partial charge in [-0.15, -0.1) is 0 Å². The molecule has 2 rings (SSSR count). The Morgan fingerprint density at radius 1 is 1.06 bits per heavy atom. The van der Waals surface area contributed by atoms with Gasteiger partial charge in [-0.3, -0.25) is 9.35 Å². The van der Waals surface area contributed by atoms with Crippen LogP contribution in [0, 0.1) is 0 Å². The predicted octanol–water partition coefficient (Wildman–Crippen LogP) is 2.68. The van der Waals surface area contributed by atoms with E-state index in [2.05, 4.69) is 0 Å². The van der Waals surface area contributed by atoms with Crippen LogP contribution in [-0.2, 0) is 11.4 Å². The van der Waals surface area contributed by atoms with Gasteiger partial charge in [-0.05, 0) is 23.3 Å². The van der Waals surface area contributed by atoms with E-state index in [0.29, 0.717) is 6.29 Å². The van der Waals surface area contributed by atoms with Crippen molar-refractivity contribution in [3.8, 4) is 16.9 Å². The second kappa shape index (κ2) is 5.57. The average molecular weight is 262 g/mol. The summed E-state index contributed by atoms with van der Waals surface area (Å²) < 4.78 is 24.1. The molecule has 0 spiro atoms. The Kier molecular flexibility index (Phi) is 3.86. The molecule has 0 radical (unpaired) electrons. The summed E-state index contributed by atoms with van der Waals surface area (Å²) in [4.78, 5) is 10.8. The Balaban J connectivity index is 2.45. The van der Waals surface area contributed by atoms with E-state index < -0.39 is 11.4 Å². The summed E-state index contributed by atoms with van der Waals surface area (Å²) in [6.45, 7) is 0. The highest BCUT2D eigenvalue weighted by Crippen LogP contribution is 2.26. The third-order valence-corrected chi connectivity index (χ3v) is 2.73. The zero-order valence-electron chi connectivity index (χ0n) is 9.28. The molecule has 1 atom stereocenters. The summed E-state index contributed by atoms with van der Waals surface area (Å²) in [5.74, 6) is 0.0900. The van der Waals surface area contributed by atoms with Gasteiger partial charge in [-0.1, -0.05) is 36.4 Å². The molecule has 0 aliphatic heterocycles. The summed E-state index contributed by atoms with van der Waals surface area (Å²) in [7, 11) is 0. The molecular weight excluding hydrogens is 252 g/mol. The molecule has 0 aliphatic rings. The molecule has 2 aromatic rings. The quantitative estimate of drug-likeness (QED) is 0.679. The number of carbonyl (C=O) groups excluding carboxylic acids is 1. The lowest BCUT2D eigenvalue weighted by Gasteiger charge is -2.07. The van der Waals surface area contributed by atoms with E-state index in [1.54, 1.807) is 18.2 Å². The molecule has 2 aromatic carbocycles. The molecule has 0 fully saturated rings. The highest BCUT2D eigenvalue weighted by atomic mass is 32.2. The molecule has 4 nitrogen and oxygen atoms in total. The van der Waals surface area contributed by atoms with Gasteiger partial charge >= 0.3 is 11.4 Å². The molecular formula is C13H10O4S. The monoisotopic (exact) mass is 262 g/mol. The zero-order valence-corrected chi connectivity index (χ0v) is 10.1. The molecule has 92 valence electrons. The van der Waals surface area contributed by atoms with Crippen LogP contribution in [0.5, 0.6) is 5.75 Å². The van der Waals surface area contributed by atoms with E-state index in [4.69, 9.17) is 8.74 Å². The van der Waals surface area contributed by atoms with Crippen LogP contribution in [-0.4, -0.2) is 15.0 Å². The molecule has 0 aromatic heterocycles. The minimum Gasteiger partial charge on any atom is -0.379 e. The molecule has 0 heterocycles. The normalized spacial score (nSPS) is 11.8. The first-order valence-corrected chi connectivity index (χ1v) is 6.17. The van der Waals surface area contributed by atoms with Crippen molar-refractivity contribution < 1.29 is 17.7 Å². The maximum Gasteiger partial charge on any atom is 0.357 e. The first kappa shape index (κ1) is 12.5. The Morgan fingerprint density at radius 3 is 2.39 bits per heavy atom. The number of aldehydes is 1. The van der Waals surface area contributed by atoms with Gasteiger partial charge in [-0.25, -0.2) is 0 Å². The van der Waals surface area contributed by atoms with E-state index in [9.17, 15) is 9.00 Å². The van der Waals surface area contributed by atoms with Gasteiger partial charge in [0.1, 0.15) is 0 Å². The summed E-state index contributed by atoms with van der Waals surface area (Å²) in [5.41, 5.74) is 1.97. The molecule has 18 heavy (non-hydrogen) atoms. The summed E-state index contributed by atoms with van der Waals surface area (Å²) >= 11 is -2.45. The molecule has 0 saturated carbocycles. The highest BCUT2D eigenvalue weighted by Gasteiger charge is 2.08. The maximum atomic E-state index is 10.8. The standard InChI is InChI=1S/C13H10O4S/c14-9-12-7-6-11(8-13(12)17-18(15)16)10-4-2-1-3-5-10/h1-9H,(H,15,16). The van der Waals surface area contributed by atoms with Crippen molar-refractivity contribution in [2.75, 3.05) is 0 Å². The summed E-state index contributed by atoms with van der Waals surface area (Å²) in [5, 5.41) is 0. The molecule has 1 unspecified atom stereocenters. The summed E-state index contributed by atoms with van der Waals surface area (Å²) in [6, 6.07) is 14.3. The van der Waals surface area contributed by atoms with Gasteiger partial charge in [0, 0.05) is 0 Å². The number of hydrogen-bond donors (Lipinski definition) is 1. The number of benzene rings is 2. The van der Waals surface area contributed by atoms with Gasteiger partial charge in [-0.2, -0.15) is 4.21 Å². The van der Waals surface area contributed by atoms with Crippen molar-refractivity contribution in [1.82, 2.24) is 0 Å². The second-order valence-electron chi connectivity index (χ2n) is 3.54. The van der Waals surface area contributed by atoms with Gasteiger partial charge in [0.05, 0.1) is 5.56 Å². The van der Waals surface area contributed by atoms with Crippen molar-refractivity contribution in [3.63, 3.8) is 0 Å². The third kappa shape index (κ3) is 2.82. The Morgan fingerprint density at radius 2 is 1.78 bits per heavy atom. The van der Waals surface area contributed by atoms with Crippen LogP contribution >= 0.6 is 0 Å². The van der Waals surface area contributed by atoms with Crippen molar-refractivity contribution in [2.24, 2.45) is 0 Å². The van der Waals surface area contributed by atoms with E-state index in [1.807, 2.05) is 30.3 Å². The lowest BCUT2D eigenvalue weighted by atomic mass is 10.0. The third-order valence-electron chi connectivity index (χ3n) is 2.41. The van der Waals surface area contributed by atoms with Crippen LogP contribution in [0.1, 0.15) is 10.4 Å². The number of hydrogen-bond acceptors (Lipinski definition) is 3. The fourth-order valence-corrected chi connectivity index (χ4v) is 1.89. The minimum atomic E-state index is -2.45. The van der Waals surface area contributed by atoms with Crippen LogP contribution in [0.25, 0.3) is 11.1 Å². The smallest absolute Gasteiger partial charge is 0.357 e. The second-order valence-corrected chi connectivity index (χ2v) is 4.14. The van der Waals surface area contributed by atoms with E-state index in [0.717, 1.165) is 11.1 Å². The van der Waals surface area contributed by atoms with Crippen molar-refractivity contribution >= 4 is 17.6 Å². The molecule has 0 amide bonds. The Bertz CT molecular complexity index is 581. The van der Waals surface area contributed by atoms with E-state index in [-0.39, 0.29) is 11.3 Å². The van der Waals surface area contributed by atoms with Crippen LogP contribution in [0.4, 0.5) is 0 Å². The number of rotatable bonds is 4. The molecule has 0 aliphatic carbocycles. The van der Waals surface area contributed by atoms with Gasteiger partial charge in [0.25, 0.3) is 0 Å². The lowest BCUT2D eigenvalue weighted by Crippen LogP contribution is -2.00. The molecule has 5 heteroatoms. The topological polar surface area (TPSA) is 63.6 Å². The summed E-state index contributed by atoms with van der Waals surface area (Å²) in [6.07, 6.45) is 0.580. The fraction of sp³-hybridized carbons (Fsp3) is 0.